The van der Waals surface area contributed by atoms with Gasteiger partial charge in [0.2, 0.25) is 5.13 Å². The first-order chi connectivity index (χ1) is 7.29. The van der Waals surface area contributed by atoms with Gasteiger partial charge in [0, 0.05) is 0 Å². The van der Waals surface area contributed by atoms with Crippen LogP contribution in [-0.2, 0) is 0 Å². The summed E-state index contributed by atoms with van der Waals surface area (Å²) >= 11 is 4.28. The minimum absolute atomic E-state index is 0.131. The van der Waals surface area contributed by atoms with Gasteiger partial charge in [0.15, 0.2) is 4.34 Å². The molecule has 0 aliphatic heterocycles. The Bertz CT molecular complexity index is 451. The van der Waals surface area contributed by atoms with Crippen molar-refractivity contribution in [1.29, 1.82) is 0 Å². The Morgan fingerprint density at radius 1 is 1.53 bits per heavy atom. The second-order valence-electron chi connectivity index (χ2n) is 2.51. The van der Waals surface area contributed by atoms with Crippen molar-refractivity contribution in [2.75, 3.05) is 11.6 Å². The predicted molar refractivity (Wildman–Crippen MR) is 64.0 cm³/mol. The molecule has 4 nitrogen and oxygen atoms in total. The van der Waals surface area contributed by atoms with Gasteiger partial charge in [-0.1, -0.05) is 29.2 Å². The molecule has 2 rings (SSSR count). The standard InChI is InChI=1S/C8H7N3OS3/c1-13-8-11-10-7(15-8)9-6(12)5-3-2-4-14-5/h2-4H,1H3,(H,9,10,12). The molecule has 0 aliphatic rings. The van der Waals surface area contributed by atoms with E-state index in [2.05, 4.69) is 15.5 Å². The summed E-state index contributed by atoms with van der Waals surface area (Å²) in [7, 11) is 0. The zero-order valence-electron chi connectivity index (χ0n) is 7.76. The van der Waals surface area contributed by atoms with Crippen LogP contribution in [0.15, 0.2) is 21.9 Å². The molecule has 2 aromatic heterocycles. The minimum atomic E-state index is -0.131. The van der Waals surface area contributed by atoms with E-state index in [1.165, 1.54) is 34.4 Å². The van der Waals surface area contributed by atoms with Crippen molar-refractivity contribution < 1.29 is 4.79 Å². The van der Waals surface area contributed by atoms with Crippen molar-refractivity contribution in [3.05, 3.63) is 22.4 Å². The van der Waals surface area contributed by atoms with E-state index in [0.717, 1.165) is 4.34 Å². The number of nitrogens with zero attached hydrogens (tertiary/aromatic N) is 2. The molecule has 0 bridgehead atoms. The molecule has 0 saturated carbocycles. The van der Waals surface area contributed by atoms with Gasteiger partial charge in [0.1, 0.15) is 0 Å². The highest BCUT2D eigenvalue weighted by molar-refractivity contribution is 8.00. The van der Waals surface area contributed by atoms with Crippen molar-refractivity contribution >= 4 is 45.5 Å². The molecule has 0 fully saturated rings. The lowest BCUT2D eigenvalue weighted by atomic mass is 10.4. The van der Waals surface area contributed by atoms with Crippen molar-refractivity contribution in [3.8, 4) is 0 Å². The van der Waals surface area contributed by atoms with Crippen LogP contribution in [0.25, 0.3) is 0 Å². The fraction of sp³-hybridized carbons (Fsp3) is 0.125. The van der Waals surface area contributed by atoms with Crippen LogP contribution in [0.4, 0.5) is 5.13 Å². The van der Waals surface area contributed by atoms with Crippen molar-refractivity contribution in [2.45, 2.75) is 4.34 Å². The van der Waals surface area contributed by atoms with Gasteiger partial charge in [-0.05, 0) is 17.7 Å². The van der Waals surface area contributed by atoms with Crippen LogP contribution in [0.5, 0.6) is 0 Å². The molecule has 0 radical (unpaired) electrons. The monoisotopic (exact) mass is 257 g/mol. The van der Waals surface area contributed by atoms with E-state index in [-0.39, 0.29) is 5.91 Å². The van der Waals surface area contributed by atoms with Crippen LogP contribution in [-0.4, -0.2) is 22.4 Å². The summed E-state index contributed by atoms with van der Waals surface area (Å²) in [5.41, 5.74) is 0. The second-order valence-corrected chi connectivity index (χ2v) is 5.49. The van der Waals surface area contributed by atoms with Crippen LogP contribution >= 0.6 is 34.4 Å². The number of anilines is 1. The topological polar surface area (TPSA) is 54.9 Å². The average molecular weight is 257 g/mol. The molecule has 0 aromatic carbocycles. The summed E-state index contributed by atoms with van der Waals surface area (Å²) in [6.45, 7) is 0. The highest BCUT2D eigenvalue weighted by atomic mass is 32.2. The molecule has 78 valence electrons. The van der Waals surface area contributed by atoms with E-state index >= 15 is 0 Å². The maximum atomic E-state index is 11.6. The summed E-state index contributed by atoms with van der Waals surface area (Å²) < 4.78 is 0.844. The molecule has 0 unspecified atom stereocenters. The van der Waals surface area contributed by atoms with Crippen molar-refractivity contribution in [3.63, 3.8) is 0 Å². The average Bonchev–Trinajstić information content (AvgIpc) is 2.87. The van der Waals surface area contributed by atoms with Crippen LogP contribution in [0, 0.1) is 0 Å². The van der Waals surface area contributed by atoms with E-state index in [1.807, 2.05) is 17.7 Å². The van der Waals surface area contributed by atoms with Crippen LogP contribution in [0.3, 0.4) is 0 Å². The molecular weight excluding hydrogens is 250 g/mol. The Morgan fingerprint density at radius 3 is 3.00 bits per heavy atom. The number of thiophene rings is 1. The lowest BCUT2D eigenvalue weighted by molar-refractivity contribution is 0.103. The van der Waals surface area contributed by atoms with E-state index in [1.54, 1.807) is 6.07 Å². The number of nitrogens with one attached hydrogen (secondary N) is 1. The second kappa shape index (κ2) is 4.73. The molecule has 0 aliphatic carbocycles. The Balaban J connectivity index is 2.06. The number of aromatic nitrogens is 2. The first kappa shape index (κ1) is 10.6. The van der Waals surface area contributed by atoms with Crippen LogP contribution in [0.2, 0.25) is 0 Å². The van der Waals surface area contributed by atoms with Crippen LogP contribution < -0.4 is 5.32 Å². The molecule has 7 heteroatoms. The molecule has 2 aromatic rings. The minimum Gasteiger partial charge on any atom is -0.296 e. The third-order valence-electron chi connectivity index (χ3n) is 1.55. The van der Waals surface area contributed by atoms with E-state index in [4.69, 9.17) is 0 Å². The lowest BCUT2D eigenvalue weighted by Gasteiger charge is -1.95. The Morgan fingerprint density at radius 2 is 2.40 bits per heavy atom. The summed E-state index contributed by atoms with van der Waals surface area (Å²) in [6.07, 6.45) is 1.92. The quantitative estimate of drug-likeness (QED) is 0.678. The fourth-order valence-electron chi connectivity index (χ4n) is 0.909. The van der Waals surface area contributed by atoms with Gasteiger partial charge in [-0.2, -0.15) is 0 Å². The number of hydrogen-bond acceptors (Lipinski definition) is 6. The Hall–Kier alpha value is -0.920. The molecule has 0 spiro atoms. The fourth-order valence-corrected chi connectivity index (χ4v) is 2.69. The van der Waals surface area contributed by atoms with Gasteiger partial charge in [-0.25, -0.2) is 0 Å². The molecular formula is C8H7N3OS3. The Labute approximate surface area is 98.7 Å². The number of amides is 1. The SMILES string of the molecule is CSc1nnc(NC(=O)c2cccs2)s1. The largest absolute Gasteiger partial charge is 0.296 e. The molecule has 1 N–H and O–H groups in total. The number of thioether (sulfide) groups is 1. The third kappa shape index (κ3) is 2.55. The Kier molecular flexibility index (Phi) is 3.34. The number of rotatable bonds is 3. The smallest absolute Gasteiger partial charge is 0.267 e. The van der Waals surface area contributed by atoms with E-state index < -0.39 is 0 Å². The maximum absolute atomic E-state index is 11.6. The molecule has 1 amide bonds. The van der Waals surface area contributed by atoms with Crippen molar-refractivity contribution in [1.82, 2.24) is 10.2 Å². The molecule has 15 heavy (non-hydrogen) atoms. The molecule has 0 atom stereocenters. The first-order valence-corrected chi connectivity index (χ1v) is 6.94. The zero-order chi connectivity index (χ0) is 10.7. The van der Waals surface area contributed by atoms with Crippen molar-refractivity contribution in [2.24, 2.45) is 0 Å². The maximum Gasteiger partial charge on any atom is 0.267 e. The molecule has 2 heterocycles. The van der Waals surface area contributed by atoms with Gasteiger partial charge in [0.25, 0.3) is 5.91 Å². The summed E-state index contributed by atoms with van der Waals surface area (Å²) in [6, 6.07) is 3.61. The van der Waals surface area contributed by atoms with Gasteiger partial charge in [-0.3, -0.25) is 10.1 Å². The summed E-state index contributed by atoms with van der Waals surface area (Å²) in [5, 5.41) is 12.9. The predicted octanol–water partition coefficient (Wildman–Crippen LogP) is 2.57. The highest BCUT2D eigenvalue weighted by Gasteiger charge is 2.10. The van der Waals surface area contributed by atoms with Gasteiger partial charge < -0.3 is 0 Å². The lowest BCUT2D eigenvalue weighted by Crippen LogP contribution is -2.09. The summed E-state index contributed by atoms with van der Waals surface area (Å²) in [5.74, 6) is -0.131. The molecule has 0 saturated heterocycles. The van der Waals surface area contributed by atoms with Gasteiger partial charge >= 0.3 is 0 Å². The summed E-state index contributed by atoms with van der Waals surface area (Å²) in [4.78, 5) is 12.3. The highest BCUT2D eigenvalue weighted by Crippen LogP contribution is 2.23. The van der Waals surface area contributed by atoms with E-state index in [9.17, 15) is 4.79 Å². The normalized spacial score (nSPS) is 10.2. The first-order valence-electron chi connectivity index (χ1n) is 4.02. The third-order valence-corrected chi connectivity index (χ3v) is 4.23. The number of hydrogen-bond donors (Lipinski definition) is 1. The van der Waals surface area contributed by atoms with Gasteiger partial charge in [0.05, 0.1) is 4.88 Å². The number of carbonyl (C=O) groups excluding carboxylic acids is 1. The van der Waals surface area contributed by atoms with Gasteiger partial charge in [-0.15, -0.1) is 21.5 Å². The van der Waals surface area contributed by atoms with E-state index in [0.29, 0.717) is 10.0 Å². The number of carbonyl (C=O) groups is 1. The zero-order valence-corrected chi connectivity index (χ0v) is 10.2. The van der Waals surface area contributed by atoms with Crippen LogP contribution in [0.1, 0.15) is 9.67 Å².